The summed E-state index contributed by atoms with van der Waals surface area (Å²) in [4.78, 5) is 11.2. The minimum Gasteiger partial charge on any atom is -0.445 e. The van der Waals surface area contributed by atoms with Crippen molar-refractivity contribution in [3.8, 4) is 0 Å². The monoisotopic (exact) mass is 357 g/mol. The summed E-state index contributed by atoms with van der Waals surface area (Å²) in [7, 11) is 0. The largest absolute Gasteiger partial charge is 0.445 e. The van der Waals surface area contributed by atoms with Crippen molar-refractivity contribution >= 4 is 11.3 Å². The first kappa shape index (κ1) is 16.4. The van der Waals surface area contributed by atoms with Gasteiger partial charge in [0.15, 0.2) is 5.89 Å². The molecule has 0 N–H and O–H groups in total. The van der Waals surface area contributed by atoms with Crippen LogP contribution < -0.4 is 0 Å². The van der Waals surface area contributed by atoms with E-state index in [2.05, 4.69) is 20.2 Å². The summed E-state index contributed by atoms with van der Waals surface area (Å²) in [6.45, 7) is 2.89. The molecule has 2 aromatic heterocycles. The van der Waals surface area contributed by atoms with E-state index in [0.29, 0.717) is 17.9 Å². The Labute approximate surface area is 150 Å². The van der Waals surface area contributed by atoms with Crippen molar-refractivity contribution in [3.63, 3.8) is 0 Å². The summed E-state index contributed by atoms with van der Waals surface area (Å²) in [6.07, 6.45) is 4.38. The number of thiazole rings is 1. The van der Waals surface area contributed by atoms with E-state index in [0.717, 1.165) is 49.8 Å². The maximum absolute atomic E-state index is 13.8. The third-order valence-corrected chi connectivity index (χ3v) is 5.25. The van der Waals surface area contributed by atoms with Gasteiger partial charge >= 0.3 is 0 Å². The molecule has 0 spiro atoms. The Balaban J connectivity index is 1.41. The highest BCUT2D eigenvalue weighted by Crippen LogP contribution is 2.28. The molecule has 4 nitrogen and oxygen atoms in total. The molecule has 4 rings (SSSR count). The van der Waals surface area contributed by atoms with Crippen LogP contribution in [0.5, 0.6) is 0 Å². The summed E-state index contributed by atoms with van der Waals surface area (Å²) < 4.78 is 19.7. The molecule has 0 aliphatic carbocycles. The predicted octanol–water partition coefficient (Wildman–Crippen LogP) is 4.24. The van der Waals surface area contributed by atoms with Crippen molar-refractivity contribution in [2.45, 2.75) is 31.7 Å². The van der Waals surface area contributed by atoms with Crippen LogP contribution in [0.15, 0.2) is 45.8 Å². The zero-order valence-electron chi connectivity index (χ0n) is 13.9. The summed E-state index contributed by atoms with van der Waals surface area (Å²) in [5, 5.41) is 2.10. The van der Waals surface area contributed by atoms with Gasteiger partial charge in [0.05, 0.1) is 17.4 Å². The van der Waals surface area contributed by atoms with Crippen LogP contribution in [0.25, 0.3) is 0 Å². The maximum atomic E-state index is 13.8. The van der Waals surface area contributed by atoms with Gasteiger partial charge in [-0.15, -0.1) is 11.3 Å². The second-order valence-corrected chi connectivity index (χ2v) is 7.21. The van der Waals surface area contributed by atoms with Crippen molar-refractivity contribution in [2.75, 3.05) is 13.1 Å². The van der Waals surface area contributed by atoms with Crippen LogP contribution in [0.3, 0.4) is 0 Å². The third kappa shape index (κ3) is 3.96. The number of benzene rings is 1. The number of hydrogen-bond donors (Lipinski definition) is 0. The minimum absolute atomic E-state index is 0.201. The lowest BCUT2D eigenvalue weighted by molar-refractivity contribution is 0.183. The highest BCUT2D eigenvalue weighted by molar-refractivity contribution is 7.07. The van der Waals surface area contributed by atoms with E-state index < -0.39 is 0 Å². The smallest absolute Gasteiger partial charge is 0.198 e. The van der Waals surface area contributed by atoms with Crippen molar-refractivity contribution in [1.82, 2.24) is 14.9 Å². The number of likely N-dealkylation sites (tertiary alicyclic amines) is 1. The Morgan fingerprint density at radius 1 is 1.28 bits per heavy atom. The van der Waals surface area contributed by atoms with Crippen LogP contribution in [0.1, 0.15) is 41.7 Å². The Hall–Kier alpha value is -2.05. The first-order valence-electron chi connectivity index (χ1n) is 8.55. The van der Waals surface area contributed by atoms with Crippen LogP contribution in [0.4, 0.5) is 4.39 Å². The van der Waals surface area contributed by atoms with E-state index in [-0.39, 0.29) is 5.82 Å². The highest BCUT2D eigenvalue weighted by Gasteiger charge is 2.25. The average molecular weight is 357 g/mol. The molecule has 0 bridgehead atoms. The highest BCUT2D eigenvalue weighted by atomic mass is 32.1. The first-order chi connectivity index (χ1) is 12.3. The molecule has 0 amide bonds. The quantitative estimate of drug-likeness (QED) is 0.685. The van der Waals surface area contributed by atoms with Gasteiger partial charge in [0.2, 0.25) is 0 Å². The molecule has 3 aromatic rings. The average Bonchev–Trinajstić information content (AvgIpc) is 3.29. The standard InChI is InChI=1S/C19H20FN3OS/c20-18-6-2-1-4-14(18)8-17-9-21-19(24-17)15-5-3-7-23(10-15)11-16-12-25-13-22-16/h1-2,4,6,9,12-13,15H,3,5,7-8,10-11H2/t15-/m1/s1. The van der Waals surface area contributed by atoms with Crippen molar-refractivity contribution in [3.05, 3.63) is 70.1 Å². The number of rotatable bonds is 5. The SMILES string of the molecule is Fc1ccccc1Cc1cnc([C@@H]2CCCN(Cc3cscn3)C2)o1. The van der Waals surface area contributed by atoms with Crippen LogP contribution >= 0.6 is 11.3 Å². The van der Waals surface area contributed by atoms with Gasteiger partial charge in [0.25, 0.3) is 0 Å². The Bertz CT molecular complexity index is 818. The summed E-state index contributed by atoms with van der Waals surface area (Å²) >= 11 is 1.63. The van der Waals surface area contributed by atoms with Gasteiger partial charge in [-0.1, -0.05) is 18.2 Å². The topological polar surface area (TPSA) is 42.2 Å². The number of aromatic nitrogens is 2. The van der Waals surface area contributed by atoms with Crippen LogP contribution in [0, 0.1) is 5.82 Å². The van der Waals surface area contributed by atoms with E-state index >= 15 is 0 Å². The van der Waals surface area contributed by atoms with Crippen LogP contribution in [-0.4, -0.2) is 28.0 Å². The molecule has 0 saturated carbocycles. The lowest BCUT2D eigenvalue weighted by Crippen LogP contribution is -2.34. The Morgan fingerprint density at radius 3 is 3.04 bits per heavy atom. The molecular weight excluding hydrogens is 337 g/mol. The van der Waals surface area contributed by atoms with E-state index in [9.17, 15) is 4.39 Å². The van der Waals surface area contributed by atoms with E-state index in [1.165, 1.54) is 6.07 Å². The normalized spacial score (nSPS) is 18.5. The van der Waals surface area contributed by atoms with Gasteiger partial charge in [0.1, 0.15) is 11.6 Å². The van der Waals surface area contributed by atoms with Crippen LogP contribution in [0.2, 0.25) is 0 Å². The van der Waals surface area contributed by atoms with Crippen LogP contribution in [-0.2, 0) is 13.0 Å². The van der Waals surface area contributed by atoms with Gasteiger partial charge in [-0.2, -0.15) is 0 Å². The van der Waals surface area contributed by atoms with Crippen molar-refractivity contribution in [2.24, 2.45) is 0 Å². The number of nitrogens with zero attached hydrogens (tertiary/aromatic N) is 3. The lowest BCUT2D eigenvalue weighted by Gasteiger charge is -2.30. The van der Waals surface area contributed by atoms with Gasteiger partial charge in [-0.05, 0) is 31.0 Å². The zero-order valence-corrected chi connectivity index (χ0v) is 14.7. The Morgan fingerprint density at radius 2 is 2.20 bits per heavy atom. The zero-order chi connectivity index (χ0) is 17.1. The minimum atomic E-state index is -0.201. The molecule has 0 unspecified atom stereocenters. The van der Waals surface area contributed by atoms with E-state index in [1.807, 2.05) is 11.6 Å². The molecule has 0 radical (unpaired) electrons. The molecule has 25 heavy (non-hydrogen) atoms. The van der Waals surface area contributed by atoms with Crippen molar-refractivity contribution in [1.29, 1.82) is 0 Å². The fraction of sp³-hybridized carbons (Fsp3) is 0.368. The molecule has 1 atom stereocenters. The van der Waals surface area contributed by atoms with E-state index in [4.69, 9.17) is 4.42 Å². The molecule has 6 heteroatoms. The molecular formula is C19H20FN3OS. The molecule has 1 aliphatic rings. The lowest BCUT2D eigenvalue weighted by atomic mass is 9.98. The molecule has 1 saturated heterocycles. The number of oxazole rings is 1. The number of piperidine rings is 1. The molecule has 130 valence electrons. The summed E-state index contributed by atoms with van der Waals surface area (Å²) in [5.41, 5.74) is 3.64. The second kappa shape index (κ2) is 7.45. The predicted molar refractivity (Wildman–Crippen MR) is 95.1 cm³/mol. The number of hydrogen-bond acceptors (Lipinski definition) is 5. The summed E-state index contributed by atoms with van der Waals surface area (Å²) in [5.74, 6) is 1.58. The molecule has 1 aromatic carbocycles. The molecule has 3 heterocycles. The number of halogens is 1. The fourth-order valence-electron chi connectivity index (χ4n) is 3.37. The van der Waals surface area contributed by atoms with E-state index in [1.54, 1.807) is 29.7 Å². The maximum Gasteiger partial charge on any atom is 0.198 e. The summed E-state index contributed by atoms with van der Waals surface area (Å²) in [6, 6.07) is 6.80. The van der Waals surface area contributed by atoms with Gasteiger partial charge < -0.3 is 4.42 Å². The van der Waals surface area contributed by atoms with Crippen molar-refractivity contribution < 1.29 is 8.81 Å². The second-order valence-electron chi connectivity index (χ2n) is 6.49. The van der Waals surface area contributed by atoms with Gasteiger partial charge in [0, 0.05) is 30.8 Å². The van der Waals surface area contributed by atoms with Gasteiger partial charge in [-0.3, -0.25) is 4.90 Å². The first-order valence-corrected chi connectivity index (χ1v) is 9.49. The Kier molecular flexibility index (Phi) is 4.90. The molecule has 1 fully saturated rings. The fourth-order valence-corrected chi connectivity index (χ4v) is 3.92. The van der Waals surface area contributed by atoms with Gasteiger partial charge in [-0.25, -0.2) is 14.4 Å². The molecule has 1 aliphatic heterocycles. The third-order valence-electron chi connectivity index (χ3n) is 4.62.